The van der Waals surface area contributed by atoms with Crippen molar-refractivity contribution in [1.82, 2.24) is 38.5 Å². The molecule has 56 heavy (non-hydrogen) atoms. The summed E-state index contributed by atoms with van der Waals surface area (Å²) in [5.41, 5.74) is 1.44. The van der Waals surface area contributed by atoms with Crippen molar-refractivity contribution >= 4 is 23.1 Å². The van der Waals surface area contributed by atoms with Gasteiger partial charge in [-0.05, 0) is 82.5 Å². The van der Waals surface area contributed by atoms with Crippen molar-refractivity contribution in [2.24, 2.45) is 7.05 Å². The van der Waals surface area contributed by atoms with Gasteiger partial charge < -0.3 is 19.3 Å². The van der Waals surface area contributed by atoms with Crippen LogP contribution in [0.3, 0.4) is 0 Å². The van der Waals surface area contributed by atoms with Gasteiger partial charge in [-0.3, -0.25) is 13.8 Å². The lowest BCUT2D eigenvalue weighted by atomic mass is 9.71. The Balaban J connectivity index is 1.31. The third kappa shape index (κ3) is 6.01. The third-order valence-electron chi connectivity index (χ3n) is 10.6. The SMILES string of the molecule is Cc1cc(-n2nc3c(c2-n2ccn(-c4ccc5c(cnn5C)c4F)c2=O)[C@H](C)N(C(=O)OCc2ccccc2)CC32CN(C(=O)OC(C)(C)C)C2)cc(C)c1F. The van der Waals surface area contributed by atoms with Crippen LogP contribution >= 0.6 is 0 Å². The fraction of sp³-hybridized carbons (Fsp3) is 0.341. The van der Waals surface area contributed by atoms with E-state index in [9.17, 15) is 14.4 Å². The Morgan fingerprint density at radius 3 is 2.29 bits per heavy atom. The van der Waals surface area contributed by atoms with Crippen molar-refractivity contribution in [2.45, 2.75) is 65.2 Å². The zero-order chi connectivity index (χ0) is 39.8. The summed E-state index contributed by atoms with van der Waals surface area (Å²) in [6.45, 7) is 11.0. The lowest BCUT2D eigenvalue weighted by molar-refractivity contribution is -0.0267. The van der Waals surface area contributed by atoms with E-state index in [1.54, 1.807) is 79.0 Å². The molecule has 3 aromatic carbocycles. The number of halogens is 2. The summed E-state index contributed by atoms with van der Waals surface area (Å²) in [5.74, 6) is -0.715. The normalized spacial score (nSPS) is 16.3. The molecule has 0 bridgehead atoms. The van der Waals surface area contributed by atoms with Crippen molar-refractivity contribution < 1.29 is 27.8 Å². The molecular weight excluding hydrogens is 722 g/mol. The van der Waals surface area contributed by atoms with Crippen molar-refractivity contribution in [3.63, 3.8) is 0 Å². The molecule has 1 atom stereocenters. The number of rotatable bonds is 5. The molecule has 0 N–H and O–H groups in total. The Morgan fingerprint density at radius 2 is 1.61 bits per heavy atom. The fourth-order valence-electron chi connectivity index (χ4n) is 7.85. The van der Waals surface area contributed by atoms with Crippen LogP contribution in [0, 0.1) is 25.5 Å². The highest BCUT2D eigenvalue weighted by atomic mass is 19.1. The zero-order valence-corrected chi connectivity index (χ0v) is 32.2. The largest absolute Gasteiger partial charge is 0.445 e. The molecule has 6 aromatic rings. The van der Waals surface area contributed by atoms with Gasteiger partial charge >= 0.3 is 17.9 Å². The number of hydrogen-bond donors (Lipinski definition) is 0. The first-order valence-corrected chi connectivity index (χ1v) is 18.3. The lowest BCUT2D eigenvalue weighted by Gasteiger charge is -2.54. The summed E-state index contributed by atoms with van der Waals surface area (Å²) in [6, 6.07) is 15.1. The molecule has 1 saturated heterocycles. The molecule has 3 aromatic heterocycles. The van der Waals surface area contributed by atoms with Crippen molar-refractivity contribution in [3.05, 3.63) is 123 Å². The lowest BCUT2D eigenvalue weighted by Crippen LogP contribution is -2.68. The Kier molecular flexibility index (Phi) is 8.66. The molecule has 0 radical (unpaired) electrons. The minimum absolute atomic E-state index is 0.0188. The predicted molar refractivity (Wildman–Crippen MR) is 203 cm³/mol. The van der Waals surface area contributed by atoms with Crippen LogP contribution in [0.15, 0.2) is 78.0 Å². The van der Waals surface area contributed by atoms with Crippen LogP contribution < -0.4 is 5.69 Å². The van der Waals surface area contributed by atoms with Crippen molar-refractivity contribution in [2.75, 3.05) is 19.6 Å². The number of amides is 2. The maximum atomic E-state index is 16.0. The maximum absolute atomic E-state index is 16.0. The van der Waals surface area contributed by atoms with Crippen LogP contribution in [0.4, 0.5) is 18.4 Å². The average Bonchev–Trinajstić information content (AvgIpc) is 3.84. The van der Waals surface area contributed by atoms with E-state index < -0.39 is 40.8 Å². The second-order valence-electron chi connectivity index (χ2n) is 15.8. The van der Waals surface area contributed by atoms with E-state index in [1.165, 1.54) is 33.8 Å². The Labute approximate surface area is 321 Å². The predicted octanol–water partition coefficient (Wildman–Crippen LogP) is 6.80. The molecule has 8 rings (SSSR count). The molecule has 5 heterocycles. The number of aromatic nitrogens is 6. The van der Waals surface area contributed by atoms with Crippen LogP contribution in [-0.2, 0) is 28.5 Å². The number of benzene rings is 3. The van der Waals surface area contributed by atoms with Crippen LogP contribution in [0.5, 0.6) is 0 Å². The van der Waals surface area contributed by atoms with Crippen LogP contribution in [0.1, 0.15) is 61.7 Å². The molecule has 0 aliphatic carbocycles. The van der Waals surface area contributed by atoms with Crippen molar-refractivity contribution in [1.29, 1.82) is 0 Å². The molecule has 0 unspecified atom stereocenters. The van der Waals surface area contributed by atoms with Crippen LogP contribution in [-0.4, -0.2) is 75.9 Å². The highest BCUT2D eigenvalue weighted by molar-refractivity contribution is 5.82. The van der Waals surface area contributed by atoms with Gasteiger partial charge in [-0.1, -0.05) is 30.3 Å². The van der Waals surface area contributed by atoms with Crippen LogP contribution in [0.25, 0.3) is 28.1 Å². The summed E-state index contributed by atoms with van der Waals surface area (Å²) in [4.78, 5) is 45.1. The minimum atomic E-state index is -0.891. The number of nitrogens with zero attached hydrogens (tertiary/aromatic N) is 8. The number of hydrogen-bond acceptors (Lipinski definition) is 7. The summed E-state index contributed by atoms with van der Waals surface area (Å²) in [5, 5.41) is 9.58. The number of carbonyl (C=O) groups is 2. The number of aryl methyl sites for hydroxylation is 3. The second kappa shape index (κ2) is 13.2. The molecule has 2 amide bonds. The highest BCUT2D eigenvalue weighted by Crippen LogP contribution is 2.48. The van der Waals surface area contributed by atoms with E-state index in [0.29, 0.717) is 33.6 Å². The minimum Gasteiger partial charge on any atom is -0.445 e. The summed E-state index contributed by atoms with van der Waals surface area (Å²) < 4.78 is 48.3. The van der Waals surface area contributed by atoms with Crippen molar-refractivity contribution in [3.8, 4) is 17.2 Å². The first-order chi connectivity index (χ1) is 26.6. The molecule has 15 heteroatoms. The standard InChI is InChI=1S/C41H42F2N8O5/c1-24-17-28(18-25(2)33(24)42)51-36(49-16-15-48(37(49)52)31-14-13-30-29(34(31)43)19-44-46(30)7)32-26(3)50(39(54)55-20-27-11-9-8-10-12-27)23-41(35(32)45-51)21-47(22-41)38(53)56-40(4,5)6/h8-19,26H,20-23H2,1-7H3/t26-/m0/s1. The Hall–Kier alpha value is -6.25. The molecule has 290 valence electrons. The van der Waals surface area contributed by atoms with Gasteiger partial charge in [-0.2, -0.15) is 10.2 Å². The molecule has 1 fully saturated rings. The molecule has 2 aliphatic heterocycles. The number of ether oxygens (including phenoxy) is 2. The van der Waals surface area contributed by atoms with E-state index in [1.807, 2.05) is 37.3 Å². The third-order valence-corrected chi connectivity index (χ3v) is 10.6. The van der Waals surface area contributed by atoms with Gasteiger partial charge in [0, 0.05) is 44.6 Å². The number of carbonyl (C=O) groups excluding carboxylic acids is 2. The van der Waals surface area contributed by atoms with E-state index >= 15 is 8.78 Å². The van der Waals surface area contributed by atoms with E-state index in [4.69, 9.17) is 14.6 Å². The molecule has 0 saturated carbocycles. The van der Waals surface area contributed by atoms with Gasteiger partial charge in [0.2, 0.25) is 0 Å². The van der Waals surface area contributed by atoms with Gasteiger partial charge in [-0.15, -0.1) is 0 Å². The number of fused-ring (bicyclic) bond motifs is 3. The number of likely N-dealkylation sites (tertiary alicyclic amines) is 1. The molecule has 2 aliphatic rings. The van der Waals surface area contributed by atoms with Gasteiger partial charge in [0.1, 0.15) is 23.8 Å². The molecule has 1 spiro atoms. The maximum Gasteiger partial charge on any atom is 0.410 e. The highest BCUT2D eigenvalue weighted by Gasteiger charge is 2.57. The summed E-state index contributed by atoms with van der Waals surface area (Å²) >= 11 is 0. The Morgan fingerprint density at radius 1 is 0.929 bits per heavy atom. The second-order valence-corrected chi connectivity index (χ2v) is 15.8. The number of imidazole rings is 1. The zero-order valence-electron chi connectivity index (χ0n) is 32.2. The first kappa shape index (κ1) is 36.7. The van der Waals surface area contributed by atoms with E-state index in [2.05, 4.69) is 5.10 Å². The average molecular weight is 765 g/mol. The fourth-order valence-corrected chi connectivity index (χ4v) is 7.85. The molecular formula is C41H42F2N8O5. The quantitative estimate of drug-likeness (QED) is 0.189. The monoisotopic (exact) mass is 764 g/mol. The summed E-state index contributed by atoms with van der Waals surface area (Å²) in [6.07, 6.45) is 3.30. The molecule has 13 nitrogen and oxygen atoms in total. The topological polar surface area (TPSA) is 122 Å². The van der Waals surface area contributed by atoms with Gasteiger partial charge in [-0.25, -0.2) is 27.8 Å². The van der Waals surface area contributed by atoms with Gasteiger partial charge in [0.15, 0.2) is 5.82 Å². The van der Waals surface area contributed by atoms with Crippen LogP contribution in [0.2, 0.25) is 0 Å². The smallest absolute Gasteiger partial charge is 0.410 e. The Bertz CT molecular complexity index is 2570. The van der Waals surface area contributed by atoms with Gasteiger partial charge in [0.05, 0.1) is 45.6 Å². The van der Waals surface area contributed by atoms with E-state index in [0.717, 1.165) is 5.56 Å². The van der Waals surface area contributed by atoms with Gasteiger partial charge in [0.25, 0.3) is 0 Å². The first-order valence-electron chi connectivity index (χ1n) is 18.3. The van der Waals surface area contributed by atoms with E-state index in [-0.39, 0.29) is 48.9 Å². The summed E-state index contributed by atoms with van der Waals surface area (Å²) in [7, 11) is 1.71.